The Morgan fingerprint density at radius 3 is 2.37 bits per heavy atom. The standard InChI is InChI=1S/C14H25N3O2/c1-3-16(4-2)10-11-17-12(18)14(15-13(17)19)8-6-5-7-9-14/h3-11H2,1-2H3,(H,15,19). The molecule has 5 nitrogen and oxygen atoms in total. The van der Waals surface area contributed by atoms with Crippen LogP contribution in [0, 0.1) is 0 Å². The van der Waals surface area contributed by atoms with E-state index in [-0.39, 0.29) is 11.9 Å². The second-order valence-corrected chi connectivity index (χ2v) is 5.56. The topological polar surface area (TPSA) is 52.6 Å². The molecule has 0 radical (unpaired) electrons. The molecular weight excluding hydrogens is 242 g/mol. The Morgan fingerprint density at radius 1 is 1.16 bits per heavy atom. The van der Waals surface area contributed by atoms with Crippen LogP contribution in [-0.4, -0.2) is 53.5 Å². The largest absolute Gasteiger partial charge is 0.325 e. The van der Waals surface area contributed by atoms with Gasteiger partial charge in [0.15, 0.2) is 0 Å². The van der Waals surface area contributed by atoms with Crippen molar-refractivity contribution in [3.05, 3.63) is 0 Å². The van der Waals surface area contributed by atoms with Crippen molar-refractivity contribution in [1.82, 2.24) is 15.1 Å². The van der Waals surface area contributed by atoms with Crippen molar-refractivity contribution in [2.24, 2.45) is 0 Å². The highest BCUT2D eigenvalue weighted by Crippen LogP contribution is 2.33. The van der Waals surface area contributed by atoms with E-state index in [0.29, 0.717) is 6.54 Å². The number of hydrogen-bond acceptors (Lipinski definition) is 3. The van der Waals surface area contributed by atoms with Crippen molar-refractivity contribution in [2.75, 3.05) is 26.2 Å². The van der Waals surface area contributed by atoms with E-state index in [4.69, 9.17) is 0 Å². The molecule has 0 bridgehead atoms. The Kier molecular flexibility index (Phi) is 4.45. The van der Waals surface area contributed by atoms with Crippen LogP contribution in [0.1, 0.15) is 46.0 Å². The van der Waals surface area contributed by atoms with Crippen molar-refractivity contribution >= 4 is 11.9 Å². The summed E-state index contributed by atoms with van der Waals surface area (Å²) < 4.78 is 0. The van der Waals surface area contributed by atoms with Crippen LogP contribution >= 0.6 is 0 Å². The van der Waals surface area contributed by atoms with Crippen molar-refractivity contribution in [2.45, 2.75) is 51.5 Å². The fourth-order valence-electron chi connectivity index (χ4n) is 3.15. The molecule has 1 saturated heterocycles. The molecule has 3 amide bonds. The number of carbonyl (C=O) groups excluding carboxylic acids is 2. The number of amides is 3. The van der Waals surface area contributed by atoms with Crippen molar-refractivity contribution in [1.29, 1.82) is 0 Å². The highest BCUT2D eigenvalue weighted by atomic mass is 16.2. The second-order valence-electron chi connectivity index (χ2n) is 5.56. The third-order valence-electron chi connectivity index (χ3n) is 4.49. The summed E-state index contributed by atoms with van der Waals surface area (Å²) in [5.74, 6) is 0.00403. The molecule has 1 N–H and O–H groups in total. The molecule has 0 aromatic carbocycles. The molecule has 2 rings (SSSR count). The molecule has 1 saturated carbocycles. The van der Waals surface area contributed by atoms with Gasteiger partial charge in [-0.15, -0.1) is 0 Å². The summed E-state index contributed by atoms with van der Waals surface area (Å²) in [7, 11) is 0. The van der Waals surface area contributed by atoms with Gasteiger partial charge in [0.1, 0.15) is 5.54 Å². The first kappa shape index (κ1) is 14.3. The first-order valence-corrected chi connectivity index (χ1v) is 7.49. The maximum atomic E-state index is 12.5. The SMILES string of the molecule is CCN(CC)CCN1C(=O)NC2(CCCCC2)C1=O. The average molecular weight is 267 g/mol. The van der Waals surface area contributed by atoms with Crippen LogP contribution in [-0.2, 0) is 4.79 Å². The van der Waals surface area contributed by atoms with Gasteiger partial charge in [0.2, 0.25) is 0 Å². The predicted octanol–water partition coefficient (Wildman–Crippen LogP) is 1.58. The lowest BCUT2D eigenvalue weighted by Crippen LogP contribution is -2.48. The highest BCUT2D eigenvalue weighted by Gasteiger charge is 2.50. The number of carbonyl (C=O) groups is 2. The minimum atomic E-state index is -0.571. The molecule has 0 aromatic heterocycles. The normalized spacial score (nSPS) is 22.4. The van der Waals surface area contributed by atoms with E-state index >= 15 is 0 Å². The van der Waals surface area contributed by atoms with E-state index in [1.807, 2.05) is 0 Å². The van der Waals surface area contributed by atoms with E-state index in [1.54, 1.807) is 0 Å². The summed E-state index contributed by atoms with van der Waals surface area (Å²) in [6.45, 7) is 7.36. The monoisotopic (exact) mass is 267 g/mol. The fourth-order valence-corrected chi connectivity index (χ4v) is 3.15. The van der Waals surface area contributed by atoms with Gasteiger partial charge in [-0.05, 0) is 25.9 Å². The lowest BCUT2D eigenvalue weighted by atomic mass is 9.82. The van der Waals surface area contributed by atoms with E-state index in [2.05, 4.69) is 24.1 Å². The Morgan fingerprint density at radius 2 is 1.79 bits per heavy atom. The molecule has 19 heavy (non-hydrogen) atoms. The van der Waals surface area contributed by atoms with E-state index in [0.717, 1.165) is 45.3 Å². The van der Waals surface area contributed by atoms with Crippen LogP contribution in [0.25, 0.3) is 0 Å². The van der Waals surface area contributed by atoms with Gasteiger partial charge in [0, 0.05) is 13.1 Å². The molecule has 1 aliphatic carbocycles. The summed E-state index contributed by atoms with van der Waals surface area (Å²) >= 11 is 0. The minimum Gasteiger partial charge on any atom is -0.323 e. The zero-order valence-electron chi connectivity index (χ0n) is 12.1. The van der Waals surface area contributed by atoms with E-state index in [9.17, 15) is 9.59 Å². The van der Waals surface area contributed by atoms with Crippen molar-refractivity contribution in [3.8, 4) is 0 Å². The summed E-state index contributed by atoms with van der Waals surface area (Å²) in [4.78, 5) is 28.2. The number of imide groups is 1. The molecule has 0 aromatic rings. The number of rotatable bonds is 5. The Hall–Kier alpha value is -1.10. The number of urea groups is 1. The average Bonchev–Trinajstić information content (AvgIpc) is 2.64. The zero-order chi connectivity index (χ0) is 13.9. The molecule has 2 fully saturated rings. The van der Waals surface area contributed by atoms with Crippen molar-refractivity contribution < 1.29 is 9.59 Å². The first-order chi connectivity index (χ1) is 9.13. The maximum absolute atomic E-state index is 12.5. The lowest BCUT2D eigenvalue weighted by Gasteiger charge is -2.30. The Balaban J connectivity index is 1.98. The number of likely N-dealkylation sites (N-methyl/N-ethyl adjacent to an activating group) is 1. The van der Waals surface area contributed by atoms with Crippen molar-refractivity contribution in [3.63, 3.8) is 0 Å². The number of hydrogen-bond donors (Lipinski definition) is 1. The Bertz CT molecular complexity index is 347. The summed E-state index contributed by atoms with van der Waals surface area (Å²) in [5, 5.41) is 2.95. The minimum absolute atomic E-state index is 0.00403. The van der Waals surface area contributed by atoms with Crippen LogP contribution in [0.15, 0.2) is 0 Å². The number of nitrogens with one attached hydrogen (secondary N) is 1. The lowest BCUT2D eigenvalue weighted by molar-refractivity contribution is -0.132. The van der Waals surface area contributed by atoms with Gasteiger partial charge >= 0.3 is 6.03 Å². The molecule has 1 spiro atoms. The molecule has 2 aliphatic rings. The van der Waals surface area contributed by atoms with Crippen LogP contribution in [0.4, 0.5) is 4.79 Å². The van der Waals surface area contributed by atoms with Gasteiger partial charge < -0.3 is 10.2 Å². The smallest absolute Gasteiger partial charge is 0.323 e. The summed E-state index contributed by atoms with van der Waals surface area (Å²) in [5.41, 5.74) is -0.571. The highest BCUT2D eigenvalue weighted by molar-refractivity contribution is 6.07. The molecule has 1 aliphatic heterocycles. The van der Waals surface area contributed by atoms with Crippen LogP contribution in [0.2, 0.25) is 0 Å². The van der Waals surface area contributed by atoms with E-state index in [1.165, 1.54) is 11.3 Å². The molecule has 5 heteroatoms. The van der Waals surface area contributed by atoms with Gasteiger partial charge in [-0.1, -0.05) is 33.1 Å². The van der Waals surface area contributed by atoms with Gasteiger partial charge in [-0.2, -0.15) is 0 Å². The molecule has 108 valence electrons. The Labute approximate surface area is 115 Å². The zero-order valence-corrected chi connectivity index (χ0v) is 12.1. The quantitative estimate of drug-likeness (QED) is 0.770. The van der Waals surface area contributed by atoms with Gasteiger partial charge in [0.25, 0.3) is 5.91 Å². The summed E-state index contributed by atoms with van der Waals surface area (Å²) in [6.07, 6.45) is 4.86. The fraction of sp³-hybridized carbons (Fsp3) is 0.857. The number of nitrogens with zero attached hydrogens (tertiary/aromatic N) is 2. The van der Waals surface area contributed by atoms with Crippen LogP contribution in [0.5, 0.6) is 0 Å². The molecule has 1 heterocycles. The first-order valence-electron chi connectivity index (χ1n) is 7.49. The van der Waals surface area contributed by atoms with Gasteiger partial charge in [-0.25, -0.2) is 4.79 Å². The maximum Gasteiger partial charge on any atom is 0.325 e. The van der Waals surface area contributed by atoms with Gasteiger partial charge in [-0.3, -0.25) is 9.69 Å². The third-order valence-corrected chi connectivity index (χ3v) is 4.49. The molecule has 0 atom stereocenters. The molecular formula is C14H25N3O2. The van der Waals surface area contributed by atoms with Gasteiger partial charge in [0.05, 0.1) is 0 Å². The molecule has 0 unspecified atom stereocenters. The van der Waals surface area contributed by atoms with E-state index < -0.39 is 5.54 Å². The second kappa shape index (κ2) is 5.90. The summed E-state index contributed by atoms with van der Waals surface area (Å²) in [6, 6.07) is -0.195. The van der Waals surface area contributed by atoms with Crippen LogP contribution < -0.4 is 5.32 Å². The van der Waals surface area contributed by atoms with Crippen LogP contribution in [0.3, 0.4) is 0 Å². The third kappa shape index (κ3) is 2.76. The predicted molar refractivity (Wildman–Crippen MR) is 73.8 cm³/mol.